The van der Waals surface area contributed by atoms with Gasteiger partial charge in [0.05, 0.1) is 12.3 Å². The number of aromatic nitrogens is 3. The van der Waals surface area contributed by atoms with Crippen molar-refractivity contribution in [3.8, 4) is 17.5 Å². The fraction of sp³-hybridized carbons (Fsp3) is 0.571. The van der Waals surface area contributed by atoms with E-state index in [1.807, 2.05) is 32.0 Å². The third-order valence-electron chi connectivity index (χ3n) is 5.36. The first-order valence-corrected chi connectivity index (χ1v) is 10.0. The van der Waals surface area contributed by atoms with Gasteiger partial charge in [0.15, 0.2) is 5.75 Å². The second-order valence-corrected chi connectivity index (χ2v) is 7.62. The Morgan fingerprint density at radius 2 is 2.04 bits per heavy atom. The van der Waals surface area contributed by atoms with Crippen LogP contribution in [0.15, 0.2) is 18.2 Å². The summed E-state index contributed by atoms with van der Waals surface area (Å²) < 4.78 is 17.2. The fourth-order valence-corrected chi connectivity index (χ4v) is 3.91. The molecular formula is C21H28N4O3. The lowest BCUT2D eigenvalue weighted by Gasteiger charge is -2.36. The number of hydrogen-bond acceptors (Lipinski definition) is 7. The van der Waals surface area contributed by atoms with Crippen LogP contribution in [0.5, 0.6) is 17.5 Å². The highest BCUT2D eigenvalue weighted by Crippen LogP contribution is 2.32. The summed E-state index contributed by atoms with van der Waals surface area (Å²) in [5, 5.41) is 0. The van der Waals surface area contributed by atoms with E-state index in [0.29, 0.717) is 37.5 Å². The molecule has 0 aromatic carbocycles. The zero-order valence-corrected chi connectivity index (χ0v) is 16.9. The van der Waals surface area contributed by atoms with Crippen molar-refractivity contribution in [3.63, 3.8) is 0 Å². The highest BCUT2D eigenvalue weighted by atomic mass is 16.6. The van der Waals surface area contributed by atoms with Gasteiger partial charge < -0.3 is 14.2 Å². The first-order valence-electron chi connectivity index (χ1n) is 10.0. The average molecular weight is 384 g/mol. The van der Waals surface area contributed by atoms with Gasteiger partial charge in [0.2, 0.25) is 5.88 Å². The van der Waals surface area contributed by atoms with Crippen LogP contribution in [0, 0.1) is 19.8 Å². The molecule has 28 heavy (non-hydrogen) atoms. The summed E-state index contributed by atoms with van der Waals surface area (Å²) in [5.41, 5.74) is 1.96. The van der Waals surface area contributed by atoms with Gasteiger partial charge in [0.1, 0.15) is 19.0 Å². The molecule has 0 saturated carbocycles. The van der Waals surface area contributed by atoms with E-state index in [0.717, 1.165) is 42.5 Å². The Labute approximate surface area is 166 Å². The molecule has 1 saturated heterocycles. The molecular weight excluding hydrogens is 356 g/mol. The van der Waals surface area contributed by atoms with Crippen LogP contribution in [-0.4, -0.2) is 52.8 Å². The zero-order valence-electron chi connectivity index (χ0n) is 16.9. The normalized spacial score (nSPS) is 20.6. The minimum absolute atomic E-state index is 0.224. The lowest BCUT2D eigenvalue weighted by atomic mass is 9.97. The van der Waals surface area contributed by atoms with Crippen LogP contribution in [0.4, 0.5) is 0 Å². The number of pyridine rings is 1. The van der Waals surface area contributed by atoms with E-state index in [2.05, 4.69) is 26.8 Å². The number of rotatable bonds is 5. The van der Waals surface area contributed by atoms with Crippen LogP contribution >= 0.6 is 0 Å². The Balaban J connectivity index is 1.37. The third-order valence-corrected chi connectivity index (χ3v) is 5.36. The molecule has 0 spiro atoms. The molecule has 0 amide bonds. The van der Waals surface area contributed by atoms with Crippen LogP contribution in [-0.2, 0) is 0 Å². The smallest absolute Gasteiger partial charge is 0.257 e. The minimum atomic E-state index is 0.224. The van der Waals surface area contributed by atoms with E-state index in [1.165, 1.54) is 6.42 Å². The Morgan fingerprint density at radius 3 is 2.89 bits per heavy atom. The number of fused-ring (bicyclic) bond motifs is 1. The zero-order chi connectivity index (χ0) is 19.5. The SMILES string of the molecule is Cc1cc(OCC2CCCN(C(C)c3ccc4c(n3)OCCO4)C2)nc(C)n1. The maximum Gasteiger partial charge on any atom is 0.257 e. The summed E-state index contributed by atoms with van der Waals surface area (Å²) in [6, 6.07) is 6.14. The lowest BCUT2D eigenvalue weighted by molar-refractivity contribution is 0.0966. The van der Waals surface area contributed by atoms with Crippen LogP contribution in [0.25, 0.3) is 0 Å². The van der Waals surface area contributed by atoms with Gasteiger partial charge in [-0.05, 0) is 52.3 Å². The van der Waals surface area contributed by atoms with Gasteiger partial charge in [-0.15, -0.1) is 0 Å². The molecule has 0 bridgehead atoms. The number of aryl methyl sites for hydroxylation is 2. The molecule has 2 aromatic heterocycles. The molecule has 1 fully saturated rings. The van der Waals surface area contributed by atoms with Crippen molar-refractivity contribution in [2.24, 2.45) is 5.92 Å². The molecule has 2 unspecified atom stereocenters. The van der Waals surface area contributed by atoms with Crippen LogP contribution < -0.4 is 14.2 Å². The third kappa shape index (κ3) is 4.35. The molecule has 2 aliphatic rings. The molecule has 2 atom stereocenters. The van der Waals surface area contributed by atoms with Crippen molar-refractivity contribution >= 4 is 0 Å². The van der Waals surface area contributed by atoms with Gasteiger partial charge in [0.25, 0.3) is 5.88 Å². The lowest BCUT2D eigenvalue weighted by Crippen LogP contribution is -2.39. The van der Waals surface area contributed by atoms with E-state index < -0.39 is 0 Å². The van der Waals surface area contributed by atoms with E-state index in [4.69, 9.17) is 14.2 Å². The minimum Gasteiger partial charge on any atom is -0.484 e. The van der Waals surface area contributed by atoms with Gasteiger partial charge >= 0.3 is 0 Å². The molecule has 4 rings (SSSR count). The summed E-state index contributed by atoms with van der Waals surface area (Å²) in [6.45, 7) is 9.94. The Morgan fingerprint density at radius 1 is 1.18 bits per heavy atom. The van der Waals surface area contributed by atoms with Crippen LogP contribution in [0.3, 0.4) is 0 Å². The van der Waals surface area contributed by atoms with Crippen molar-refractivity contribution in [1.29, 1.82) is 0 Å². The Bertz CT molecular complexity index is 809. The number of ether oxygens (including phenoxy) is 3. The van der Waals surface area contributed by atoms with E-state index >= 15 is 0 Å². The van der Waals surface area contributed by atoms with Crippen molar-refractivity contribution in [3.05, 3.63) is 35.4 Å². The van der Waals surface area contributed by atoms with Gasteiger partial charge in [-0.2, -0.15) is 4.98 Å². The molecule has 2 aliphatic heterocycles. The summed E-state index contributed by atoms with van der Waals surface area (Å²) in [6.07, 6.45) is 2.32. The Hall–Kier alpha value is -2.41. The van der Waals surface area contributed by atoms with Crippen molar-refractivity contribution in [2.45, 2.75) is 39.7 Å². The summed E-state index contributed by atoms with van der Waals surface area (Å²) >= 11 is 0. The van der Waals surface area contributed by atoms with E-state index in [1.54, 1.807) is 0 Å². The molecule has 0 N–H and O–H groups in total. The highest BCUT2D eigenvalue weighted by Gasteiger charge is 2.26. The van der Waals surface area contributed by atoms with Crippen molar-refractivity contribution in [1.82, 2.24) is 19.9 Å². The van der Waals surface area contributed by atoms with Crippen molar-refractivity contribution < 1.29 is 14.2 Å². The average Bonchev–Trinajstić information content (AvgIpc) is 2.71. The summed E-state index contributed by atoms with van der Waals surface area (Å²) in [7, 11) is 0. The second-order valence-electron chi connectivity index (χ2n) is 7.62. The summed E-state index contributed by atoms with van der Waals surface area (Å²) in [4.78, 5) is 15.8. The molecule has 7 nitrogen and oxygen atoms in total. The fourth-order valence-electron chi connectivity index (χ4n) is 3.91. The first kappa shape index (κ1) is 18.9. The van der Waals surface area contributed by atoms with Crippen LogP contribution in [0.2, 0.25) is 0 Å². The van der Waals surface area contributed by atoms with Gasteiger partial charge in [-0.25, -0.2) is 9.97 Å². The quantitative estimate of drug-likeness (QED) is 0.784. The molecule has 0 aliphatic carbocycles. The number of likely N-dealkylation sites (tertiary alicyclic amines) is 1. The molecule has 4 heterocycles. The van der Waals surface area contributed by atoms with E-state index in [-0.39, 0.29) is 6.04 Å². The second kappa shape index (κ2) is 8.31. The highest BCUT2D eigenvalue weighted by molar-refractivity contribution is 5.36. The van der Waals surface area contributed by atoms with E-state index in [9.17, 15) is 0 Å². The predicted molar refractivity (Wildman–Crippen MR) is 105 cm³/mol. The van der Waals surface area contributed by atoms with Crippen LogP contribution in [0.1, 0.15) is 43.0 Å². The number of piperidine rings is 1. The monoisotopic (exact) mass is 384 g/mol. The Kier molecular flexibility index (Phi) is 5.62. The number of hydrogen-bond donors (Lipinski definition) is 0. The summed E-state index contributed by atoms with van der Waals surface area (Å²) in [5.74, 6) is 3.25. The maximum atomic E-state index is 5.99. The maximum absolute atomic E-state index is 5.99. The van der Waals surface area contributed by atoms with Gasteiger partial charge in [-0.1, -0.05) is 0 Å². The molecule has 150 valence electrons. The van der Waals surface area contributed by atoms with Gasteiger partial charge in [0, 0.05) is 30.3 Å². The number of nitrogens with zero attached hydrogens (tertiary/aromatic N) is 4. The largest absolute Gasteiger partial charge is 0.484 e. The molecule has 2 aromatic rings. The van der Waals surface area contributed by atoms with Crippen molar-refractivity contribution in [2.75, 3.05) is 32.9 Å². The molecule has 7 heteroatoms. The first-order chi connectivity index (χ1) is 13.6. The standard InChI is InChI=1S/C21H28N4O3/c1-14-11-20(23-16(3)22-14)28-13-17-5-4-8-25(12-17)15(2)18-6-7-19-21(24-18)27-10-9-26-19/h6-7,11,15,17H,4-5,8-10,12-13H2,1-3H3. The molecule has 0 radical (unpaired) electrons. The topological polar surface area (TPSA) is 69.6 Å². The predicted octanol–water partition coefficient (Wildman–Crippen LogP) is 3.11. The van der Waals surface area contributed by atoms with Gasteiger partial charge in [-0.3, -0.25) is 4.90 Å².